The van der Waals surface area contributed by atoms with Gasteiger partial charge < -0.3 is 4.74 Å². The van der Waals surface area contributed by atoms with Gasteiger partial charge in [-0.3, -0.25) is 0 Å². The highest BCUT2D eigenvalue weighted by Crippen LogP contribution is 2.42. The lowest BCUT2D eigenvalue weighted by molar-refractivity contribution is 0.0560. The molecule has 0 aliphatic carbocycles. The fraction of sp³-hybridized carbons (Fsp3) is 0.600. The van der Waals surface area contributed by atoms with Crippen LogP contribution in [0.1, 0.15) is 87.6 Å². The van der Waals surface area contributed by atoms with Crippen LogP contribution in [0.25, 0.3) is 0 Å². The zero-order chi connectivity index (χ0) is 19.5. The summed E-state index contributed by atoms with van der Waals surface area (Å²) in [5, 5.41) is 0. The Labute approximate surface area is 161 Å². The van der Waals surface area contributed by atoms with E-state index in [-0.39, 0.29) is 5.60 Å². The van der Waals surface area contributed by atoms with Crippen molar-refractivity contribution in [3.63, 3.8) is 0 Å². The highest BCUT2D eigenvalue weighted by Gasteiger charge is 2.33. The summed E-state index contributed by atoms with van der Waals surface area (Å²) in [5.41, 5.74) is 9.90. The van der Waals surface area contributed by atoms with E-state index in [1.807, 2.05) is 0 Å². The first-order valence-electron chi connectivity index (χ1n) is 10.2. The highest BCUT2D eigenvalue weighted by atomic mass is 16.5. The number of fused-ring (bicyclic) bond motifs is 1. The lowest BCUT2D eigenvalue weighted by Crippen LogP contribution is -2.37. The number of ether oxygens (including phenoxy) is 1. The Morgan fingerprint density at radius 1 is 0.923 bits per heavy atom. The molecule has 144 valence electrons. The smallest absolute Gasteiger partial charge is 0.126 e. The Morgan fingerprint density at radius 2 is 1.58 bits per heavy atom. The minimum Gasteiger partial charge on any atom is -0.487 e. The minimum atomic E-state index is -0.0391. The predicted molar refractivity (Wildman–Crippen MR) is 114 cm³/mol. The number of hydrogen-bond donors (Lipinski definition) is 0. The molecular weight excluding hydrogens is 316 g/mol. The Bertz CT molecular complexity index is 716. The first-order valence-corrected chi connectivity index (χ1v) is 10.2. The Hall–Kier alpha value is -1.50. The fourth-order valence-corrected chi connectivity index (χ4v) is 3.97. The molecule has 2 rings (SSSR count). The van der Waals surface area contributed by atoms with Gasteiger partial charge in [-0.05, 0) is 122 Å². The van der Waals surface area contributed by atoms with Crippen LogP contribution in [0, 0.1) is 27.7 Å². The number of hydrogen-bond acceptors (Lipinski definition) is 1. The summed E-state index contributed by atoms with van der Waals surface area (Å²) >= 11 is 0. The third-order valence-corrected chi connectivity index (χ3v) is 6.26. The molecule has 1 atom stereocenters. The molecule has 1 aliphatic heterocycles. The normalized spacial score (nSPS) is 19.8. The van der Waals surface area contributed by atoms with Crippen LogP contribution in [0.5, 0.6) is 5.75 Å². The van der Waals surface area contributed by atoms with Gasteiger partial charge in [-0.2, -0.15) is 0 Å². The van der Waals surface area contributed by atoms with E-state index in [2.05, 4.69) is 67.5 Å². The van der Waals surface area contributed by atoms with Crippen molar-refractivity contribution < 1.29 is 4.74 Å². The zero-order valence-corrected chi connectivity index (χ0v) is 18.3. The van der Waals surface area contributed by atoms with Crippen molar-refractivity contribution in [1.82, 2.24) is 0 Å². The monoisotopic (exact) mass is 354 g/mol. The maximum Gasteiger partial charge on any atom is 0.126 e. The molecule has 0 radical (unpaired) electrons. The van der Waals surface area contributed by atoms with Gasteiger partial charge in [-0.25, -0.2) is 0 Å². The quantitative estimate of drug-likeness (QED) is 0.481. The van der Waals surface area contributed by atoms with Crippen molar-refractivity contribution in [3.8, 4) is 5.75 Å². The van der Waals surface area contributed by atoms with Crippen molar-refractivity contribution in [3.05, 3.63) is 51.1 Å². The van der Waals surface area contributed by atoms with E-state index in [0.29, 0.717) is 0 Å². The summed E-state index contributed by atoms with van der Waals surface area (Å²) in [7, 11) is 0. The van der Waals surface area contributed by atoms with E-state index >= 15 is 0 Å². The van der Waals surface area contributed by atoms with Gasteiger partial charge in [0.05, 0.1) is 0 Å². The van der Waals surface area contributed by atoms with E-state index in [1.54, 1.807) is 0 Å². The first-order chi connectivity index (χ1) is 12.1. The summed E-state index contributed by atoms with van der Waals surface area (Å²) in [4.78, 5) is 0. The maximum absolute atomic E-state index is 6.62. The van der Waals surface area contributed by atoms with Gasteiger partial charge in [-0.15, -0.1) is 0 Å². The van der Waals surface area contributed by atoms with Gasteiger partial charge in [0.1, 0.15) is 11.4 Å². The Balaban J connectivity index is 2.04. The van der Waals surface area contributed by atoms with Gasteiger partial charge in [0.25, 0.3) is 0 Å². The van der Waals surface area contributed by atoms with Crippen molar-refractivity contribution in [2.45, 2.75) is 99.5 Å². The van der Waals surface area contributed by atoms with Crippen LogP contribution in [0.4, 0.5) is 0 Å². The van der Waals surface area contributed by atoms with Gasteiger partial charge >= 0.3 is 0 Å². The molecule has 1 nitrogen and oxygen atoms in total. The van der Waals surface area contributed by atoms with Crippen molar-refractivity contribution in [2.75, 3.05) is 0 Å². The van der Waals surface area contributed by atoms with Gasteiger partial charge in [0.2, 0.25) is 0 Å². The molecule has 0 N–H and O–H groups in total. The molecule has 0 saturated heterocycles. The largest absolute Gasteiger partial charge is 0.487 e. The third-order valence-electron chi connectivity index (χ3n) is 6.26. The molecule has 1 aromatic rings. The molecule has 0 amide bonds. The van der Waals surface area contributed by atoms with Crippen LogP contribution in [-0.2, 0) is 6.42 Å². The molecule has 0 aromatic heterocycles. The van der Waals surface area contributed by atoms with E-state index in [0.717, 1.165) is 32.1 Å². The van der Waals surface area contributed by atoms with E-state index < -0.39 is 0 Å². The zero-order valence-electron chi connectivity index (χ0n) is 18.3. The summed E-state index contributed by atoms with van der Waals surface area (Å²) in [6, 6.07) is 0. The summed E-state index contributed by atoms with van der Waals surface area (Å²) < 4.78 is 6.62. The lowest BCUT2D eigenvalue weighted by atomic mass is 9.83. The van der Waals surface area contributed by atoms with Crippen LogP contribution in [0.3, 0.4) is 0 Å². The molecule has 1 aromatic carbocycles. The van der Waals surface area contributed by atoms with Crippen molar-refractivity contribution in [2.24, 2.45) is 0 Å². The molecule has 0 fully saturated rings. The molecule has 1 aliphatic rings. The average molecular weight is 355 g/mol. The average Bonchev–Trinajstić information content (AvgIpc) is 2.57. The molecule has 0 bridgehead atoms. The van der Waals surface area contributed by atoms with E-state index in [1.165, 1.54) is 51.1 Å². The highest BCUT2D eigenvalue weighted by molar-refractivity contribution is 5.55. The standard InChI is InChI=1S/C25H38O/c1-17(2)11-9-12-18(3)13-10-15-25(8)16-14-23-21(6)19(4)20(5)22(7)24(23)26-25/h11,13H,9-10,12,14-16H2,1-8H3/b18-13+/t25-/m0/s1. The number of rotatable bonds is 6. The van der Waals surface area contributed by atoms with Crippen LogP contribution < -0.4 is 4.74 Å². The molecule has 0 unspecified atom stereocenters. The van der Waals surface area contributed by atoms with Gasteiger partial charge in [0.15, 0.2) is 0 Å². The SMILES string of the molecule is CC(C)=CCC/C(C)=C/CC[C@@]1(C)CCc2c(C)c(C)c(C)c(C)c2O1. The second kappa shape index (κ2) is 8.46. The summed E-state index contributed by atoms with van der Waals surface area (Å²) in [6.07, 6.45) is 11.5. The molecular formula is C25H38O. The van der Waals surface area contributed by atoms with Crippen LogP contribution >= 0.6 is 0 Å². The second-order valence-electron chi connectivity index (χ2n) is 8.77. The van der Waals surface area contributed by atoms with Gasteiger partial charge in [0, 0.05) is 0 Å². The molecule has 1 heterocycles. The van der Waals surface area contributed by atoms with Crippen LogP contribution in [0.2, 0.25) is 0 Å². The topological polar surface area (TPSA) is 9.23 Å². The first kappa shape index (κ1) is 20.8. The Morgan fingerprint density at radius 3 is 2.23 bits per heavy atom. The van der Waals surface area contributed by atoms with Crippen molar-refractivity contribution in [1.29, 1.82) is 0 Å². The summed E-state index contributed by atoms with van der Waals surface area (Å²) in [5.74, 6) is 1.17. The maximum atomic E-state index is 6.62. The second-order valence-corrected chi connectivity index (χ2v) is 8.77. The lowest BCUT2D eigenvalue weighted by Gasteiger charge is -2.38. The molecule has 26 heavy (non-hydrogen) atoms. The molecule has 0 spiro atoms. The van der Waals surface area contributed by atoms with Crippen LogP contribution in [-0.4, -0.2) is 5.60 Å². The molecule has 0 saturated carbocycles. The summed E-state index contributed by atoms with van der Waals surface area (Å²) in [6.45, 7) is 17.9. The Kier molecular flexibility index (Phi) is 6.77. The molecule has 1 heteroatoms. The van der Waals surface area contributed by atoms with Crippen molar-refractivity contribution >= 4 is 0 Å². The number of benzene rings is 1. The predicted octanol–water partition coefficient (Wildman–Crippen LogP) is 7.48. The number of allylic oxidation sites excluding steroid dienone is 4. The van der Waals surface area contributed by atoms with Gasteiger partial charge in [-0.1, -0.05) is 23.3 Å². The minimum absolute atomic E-state index is 0.0391. The van der Waals surface area contributed by atoms with E-state index in [4.69, 9.17) is 4.74 Å². The third kappa shape index (κ3) is 4.81. The fourth-order valence-electron chi connectivity index (χ4n) is 3.97. The van der Waals surface area contributed by atoms with Crippen LogP contribution in [0.15, 0.2) is 23.3 Å². The van der Waals surface area contributed by atoms with E-state index in [9.17, 15) is 0 Å².